The van der Waals surface area contributed by atoms with Gasteiger partial charge >= 0.3 is 0 Å². The van der Waals surface area contributed by atoms with Crippen LogP contribution in [0.25, 0.3) is 16.9 Å². The van der Waals surface area contributed by atoms with Crippen LogP contribution in [0.1, 0.15) is 11.1 Å². The number of aryl methyl sites for hydroxylation is 2. The maximum Gasteiger partial charge on any atom is 0.286 e. The highest BCUT2D eigenvalue weighted by molar-refractivity contribution is 7.99. The topological polar surface area (TPSA) is 63.0 Å². The zero-order chi connectivity index (χ0) is 18.8. The van der Waals surface area contributed by atoms with E-state index < -0.39 is 0 Å². The molecule has 3 aromatic rings. The van der Waals surface area contributed by atoms with E-state index in [1.54, 1.807) is 6.21 Å². The first-order valence-corrected chi connectivity index (χ1v) is 10.0. The Hall–Kier alpha value is -2.80. The molecule has 1 aliphatic rings. The van der Waals surface area contributed by atoms with E-state index in [0.29, 0.717) is 5.96 Å². The first-order chi connectivity index (χ1) is 13.1. The summed E-state index contributed by atoms with van der Waals surface area (Å²) < 4.78 is 4.36. The fourth-order valence-corrected chi connectivity index (χ4v) is 4.13. The van der Waals surface area contributed by atoms with Gasteiger partial charge in [0.2, 0.25) is 5.96 Å². The van der Waals surface area contributed by atoms with Crippen molar-refractivity contribution < 1.29 is 4.40 Å². The fourth-order valence-electron chi connectivity index (χ4n) is 3.17. The van der Waals surface area contributed by atoms with Crippen molar-refractivity contribution in [3.05, 3.63) is 59.9 Å². The van der Waals surface area contributed by atoms with E-state index in [-0.39, 0.29) is 0 Å². The maximum absolute atomic E-state index is 5.95. The number of hydrogen-bond donors (Lipinski definition) is 1. The SMILES string of the molecule is Cc1ccc2n(C)c(-c3ccc(/C=N/N=C(/N)N4CCSC4)cc3)c[n+]2c1. The van der Waals surface area contributed by atoms with E-state index in [1.807, 2.05) is 28.8 Å². The summed E-state index contributed by atoms with van der Waals surface area (Å²) in [4.78, 5) is 2.03. The lowest BCUT2D eigenvalue weighted by atomic mass is 10.1. The van der Waals surface area contributed by atoms with Gasteiger partial charge in [0, 0.05) is 23.9 Å². The molecular weight excluding hydrogens is 356 g/mol. The summed E-state index contributed by atoms with van der Waals surface area (Å²) in [6, 6.07) is 12.6. The standard InChI is InChI=1S/C20H23N6S/c1-15-3-8-19-24(2)18(13-26(19)12-15)17-6-4-16(5-7-17)11-22-23-20(21)25-9-10-27-14-25/h3-8,11-13H,9-10,14H2,1-2H3,(H2,21,23)/q+1/b22-11+. The van der Waals surface area contributed by atoms with E-state index in [1.165, 1.54) is 5.56 Å². The molecule has 0 bridgehead atoms. The van der Waals surface area contributed by atoms with Gasteiger partial charge in [-0.05, 0) is 36.2 Å². The van der Waals surface area contributed by atoms with Gasteiger partial charge in [-0.15, -0.1) is 16.9 Å². The number of nitrogens with zero attached hydrogens (tertiary/aromatic N) is 5. The molecule has 3 heterocycles. The Morgan fingerprint density at radius 1 is 1.19 bits per heavy atom. The molecule has 27 heavy (non-hydrogen) atoms. The number of imidazole rings is 1. The number of aromatic nitrogens is 2. The van der Waals surface area contributed by atoms with Gasteiger partial charge in [-0.1, -0.05) is 12.1 Å². The van der Waals surface area contributed by atoms with Gasteiger partial charge in [-0.2, -0.15) is 5.10 Å². The minimum Gasteiger partial charge on any atom is -0.368 e. The first kappa shape index (κ1) is 17.6. The second kappa shape index (κ2) is 7.44. The van der Waals surface area contributed by atoms with Crippen LogP contribution < -0.4 is 10.1 Å². The molecule has 138 valence electrons. The molecule has 1 fully saturated rings. The summed E-state index contributed by atoms with van der Waals surface area (Å²) in [5.41, 5.74) is 11.7. The Balaban J connectivity index is 1.53. The fraction of sp³-hybridized carbons (Fsp3) is 0.250. The van der Waals surface area contributed by atoms with E-state index in [4.69, 9.17) is 5.73 Å². The van der Waals surface area contributed by atoms with Crippen LogP contribution >= 0.6 is 11.8 Å². The Labute approximate surface area is 163 Å². The van der Waals surface area contributed by atoms with Gasteiger partial charge in [-0.25, -0.2) is 8.97 Å². The summed E-state index contributed by atoms with van der Waals surface area (Å²) >= 11 is 1.85. The number of guanidine groups is 1. The molecule has 0 aliphatic carbocycles. The third-order valence-corrected chi connectivity index (χ3v) is 5.68. The van der Waals surface area contributed by atoms with Crippen molar-refractivity contribution in [2.75, 3.05) is 18.2 Å². The molecule has 0 amide bonds. The molecule has 0 radical (unpaired) electrons. The summed E-state index contributed by atoms with van der Waals surface area (Å²) in [5, 5.41) is 8.23. The number of pyridine rings is 1. The second-order valence-corrected chi connectivity index (χ2v) is 7.75. The van der Waals surface area contributed by atoms with Crippen LogP contribution in [0.15, 0.2) is 59.0 Å². The molecule has 0 saturated carbocycles. The number of thioether (sulfide) groups is 1. The number of benzene rings is 1. The summed E-state index contributed by atoms with van der Waals surface area (Å²) in [6.07, 6.45) is 6.03. The van der Waals surface area contributed by atoms with Crippen LogP contribution in [0.4, 0.5) is 0 Å². The molecule has 0 spiro atoms. The minimum atomic E-state index is 0.482. The third-order valence-electron chi connectivity index (χ3n) is 4.72. The largest absolute Gasteiger partial charge is 0.368 e. The van der Waals surface area contributed by atoms with E-state index in [0.717, 1.165) is 40.6 Å². The Bertz CT molecular complexity index is 1010. The number of fused-ring (bicyclic) bond motifs is 1. The van der Waals surface area contributed by atoms with Gasteiger partial charge in [0.1, 0.15) is 6.20 Å². The summed E-state index contributed by atoms with van der Waals surface area (Å²) in [7, 11) is 2.09. The molecule has 0 atom stereocenters. The zero-order valence-electron chi connectivity index (χ0n) is 15.5. The van der Waals surface area contributed by atoms with E-state index in [9.17, 15) is 0 Å². The van der Waals surface area contributed by atoms with Crippen LogP contribution in [-0.2, 0) is 7.05 Å². The highest BCUT2D eigenvalue weighted by Crippen LogP contribution is 2.20. The molecule has 1 aromatic carbocycles. The number of nitrogens with two attached hydrogens (primary N) is 1. The van der Waals surface area contributed by atoms with Crippen LogP contribution in [0, 0.1) is 6.92 Å². The quantitative estimate of drug-likeness (QED) is 0.329. The van der Waals surface area contributed by atoms with Crippen molar-refractivity contribution in [1.82, 2.24) is 9.47 Å². The van der Waals surface area contributed by atoms with Gasteiger partial charge < -0.3 is 10.6 Å². The molecule has 7 heteroatoms. The minimum absolute atomic E-state index is 0.482. The van der Waals surface area contributed by atoms with Gasteiger partial charge in [-0.3, -0.25) is 0 Å². The van der Waals surface area contributed by atoms with Gasteiger partial charge in [0.15, 0.2) is 5.69 Å². The molecule has 0 unspecified atom stereocenters. The molecule has 4 rings (SSSR count). The first-order valence-electron chi connectivity index (χ1n) is 8.89. The molecule has 6 nitrogen and oxygen atoms in total. The van der Waals surface area contributed by atoms with Crippen molar-refractivity contribution in [2.24, 2.45) is 23.0 Å². The van der Waals surface area contributed by atoms with E-state index >= 15 is 0 Å². The van der Waals surface area contributed by atoms with Crippen molar-refractivity contribution in [2.45, 2.75) is 6.92 Å². The Morgan fingerprint density at radius 3 is 2.74 bits per heavy atom. The predicted octanol–water partition coefficient (Wildman–Crippen LogP) is 2.39. The Kier molecular flexibility index (Phi) is 4.85. The number of rotatable bonds is 3. The average molecular weight is 380 g/mol. The highest BCUT2D eigenvalue weighted by atomic mass is 32.2. The second-order valence-electron chi connectivity index (χ2n) is 6.67. The molecule has 1 aliphatic heterocycles. The summed E-state index contributed by atoms with van der Waals surface area (Å²) in [6.45, 7) is 3.04. The average Bonchev–Trinajstić information content (AvgIpc) is 3.31. The third kappa shape index (κ3) is 3.68. The maximum atomic E-state index is 5.95. The number of hydrogen-bond acceptors (Lipinski definition) is 3. The van der Waals surface area contributed by atoms with Gasteiger partial charge in [0.25, 0.3) is 5.65 Å². The smallest absolute Gasteiger partial charge is 0.286 e. The lowest BCUT2D eigenvalue weighted by Crippen LogP contribution is -2.34. The zero-order valence-corrected chi connectivity index (χ0v) is 16.4. The molecular formula is C20H23N6S+. The lowest BCUT2D eigenvalue weighted by Gasteiger charge is -2.12. The van der Waals surface area contributed by atoms with Crippen LogP contribution in [0.5, 0.6) is 0 Å². The van der Waals surface area contributed by atoms with Crippen molar-refractivity contribution in [3.63, 3.8) is 0 Å². The van der Waals surface area contributed by atoms with Crippen molar-refractivity contribution in [3.8, 4) is 11.3 Å². The molecule has 1 saturated heterocycles. The van der Waals surface area contributed by atoms with Crippen LogP contribution in [0.2, 0.25) is 0 Å². The molecule has 2 N–H and O–H groups in total. The monoisotopic (exact) mass is 379 g/mol. The van der Waals surface area contributed by atoms with Crippen molar-refractivity contribution in [1.29, 1.82) is 0 Å². The summed E-state index contributed by atoms with van der Waals surface area (Å²) in [5.74, 6) is 2.46. The Morgan fingerprint density at radius 2 is 2.00 bits per heavy atom. The van der Waals surface area contributed by atoms with Crippen LogP contribution in [0.3, 0.4) is 0 Å². The highest BCUT2D eigenvalue weighted by Gasteiger charge is 2.16. The lowest BCUT2D eigenvalue weighted by molar-refractivity contribution is -0.510. The normalized spacial score (nSPS) is 15.3. The predicted molar refractivity (Wildman–Crippen MR) is 112 cm³/mol. The molecule has 2 aromatic heterocycles. The van der Waals surface area contributed by atoms with Crippen LogP contribution in [-0.4, -0.2) is 39.8 Å². The van der Waals surface area contributed by atoms with Crippen molar-refractivity contribution >= 4 is 29.6 Å². The van der Waals surface area contributed by atoms with Gasteiger partial charge in [0.05, 0.1) is 25.3 Å². The van der Waals surface area contributed by atoms with E-state index in [2.05, 4.69) is 69.8 Å².